The van der Waals surface area contributed by atoms with Gasteiger partial charge in [0.1, 0.15) is 29.6 Å². The second-order valence-electron chi connectivity index (χ2n) is 6.85. The molecule has 1 aromatic carbocycles. The number of rotatable bonds is 8. The quantitative estimate of drug-likeness (QED) is 0.313. The Hall–Kier alpha value is -3.05. The molecule has 1 fully saturated rings. The van der Waals surface area contributed by atoms with Gasteiger partial charge >= 0.3 is 17.9 Å². The zero-order chi connectivity index (χ0) is 23.4. The second kappa shape index (κ2) is 10.0. The maximum Gasteiger partial charge on any atom is 0.352 e. The zero-order valence-corrected chi connectivity index (χ0v) is 18.4. The fraction of sp³-hybridized carbons (Fsp3) is 0.350. The smallest absolute Gasteiger partial charge is 0.352 e. The number of nitrogens with one attached hydrogen (secondary N) is 1. The van der Waals surface area contributed by atoms with Crippen molar-refractivity contribution in [3.63, 3.8) is 0 Å². The summed E-state index contributed by atoms with van der Waals surface area (Å²) in [7, 11) is 0. The molecule has 32 heavy (non-hydrogen) atoms. The molecule has 10 nitrogen and oxygen atoms in total. The molecule has 2 aliphatic heterocycles. The molecule has 170 valence electrons. The summed E-state index contributed by atoms with van der Waals surface area (Å²) < 4.78 is 10.0. The lowest BCUT2D eigenvalue weighted by molar-refractivity contribution is -0.157. The third kappa shape index (κ3) is 4.89. The van der Waals surface area contributed by atoms with Crippen LogP contribution >= 0.6 is 23.4 Å². The van der Waals surface area contributed by atoms with Crippen molar-refractivity contribution in [2.75, 3.05) is 18.2 Å². The number of hydrogen-bond acceptors (Lipinski definition) is 8. The number of amides is 2. The molecular weight excluding hydrogens is 464 g/mol. The average Bonchev–Trinajstić information content (AvgIpc) is 2.78. The summed E-state index contributed by atoms with van der Waals surface area (Å²) in [6.07, 6.45) is -1.33. The first kappa shape index (κ1) is 23.6. The highest BCUT2D eigenvalue weighted by atomic mass is 35.5. The van der Waals surface area contributed by atoms with Gasteiger partial charge in [-0.25, -0.2) is 4.79 Å². The first-order chi connectivity index (χ1) is 15.2. The van der Waals surface area contributed by atoms with E-state index in [1.165, 1.54) is 18.7 Å². The number of thioether (sulfide) groups is 1. The summed E-state index contributed by atoms with van der Waals surface area (Å²) in [4.78, 5) is 61.2. The molecule has 0 spiro atoms. The number of carboxylic acid groups (broad SMARTS) is 1. The summed E-state index contributed by atoms with van der Waals surface area (Å²) in [5.74, 6) is -4.36. The average molecular weight is 483 g/mol. The maximum atomic E-state index is 12.9. The fourth-order valence-electron chi connectivity index (χ4n) is 3.28. The van der Waals surface area contributed by atoms with Gasteiger partial charge in [-0.3, -0.25) is 24.1 Å². The van der Waals surface area contributed by atoms with Gasteiger partial charge in [-0.05, 0) is 0 Å². The van der Waals surface area contributed by atoms with Crippen LogP contribution in [0.3, 0.4) is 0 Å². The number of benzene rings is 1. The number of esters is 2. The minimum absolute atomic E-state index is 0.194. The first-order valence-corrected chi connectivity index (χ1v) is 11.0. The van der Waals surface area contributed by atoms with Crippen LogP contribution in [0.2, 0.25) is 0 Å². The molecule has 0 saturated carbocycles. The number of hydrogen-bond donors (Lipinski definition) is 2. The number of β-lactam (4-membered cyclic amide) rings is 1. The fourth-order valence-corrected chi connectivity index (χ4v) is 4.67. The van der Waals surface area contributed by atoms with Crippen LogP contribution in [0.1, 0.15) is 18.6 Å². The van der Waals surface area contributed by atoms with Crippen LogP contribution in [0.25, 0.3) is 0 Å². The van der Waals surface area contributed by atoms with Crippen LogP contribution < -0.4 is 5.32 Å². The van der Waals surface area contributed by atoms with E-state index in [4.69, 9.17) is 21.1 Å². The predicted octanol–water partition coefficient (Wildman–Crippen LogP) is 0.811. The molecule has 3 rings (SSSR count). The van der Waals surface area contributed by atoms with Gasteiger partial charge in [0, 0.05) is 23.8 Å². The molecule has 3 atom stereocenters. The van der Waals surface area contributed by atoms with E-state index in [-0.39, 0.29) is 23.6 Å². The van der Waals surface area contributed by atoms with Crippen molar-refractivity contribution in [2.45, 2.75) is 24.4 Å². The number of aliphatic carboxylic acids is 1. The summed E-state index contributed by atoms with van der Waals surface area (Å²) in [6, 6.07) is 7.20. The Bertz CT molecular complexity index is 983. The lowest BCUT2D eigenvalue weighted by atomic mass is 10.0. The van der Waals surface area contributed by atoms with E-state index >= 15 is 0 Å². The largest absolute Gasteiger partial charge is 0.477 e. The van der Waals surface area contributed by atoms with Crippen molar-refractivity contribution in [3.05, 3.63) is 47.2 Å². The molecule has 0 aliphatic carbocycles. The Labute approximate surface area is 191 Å². The summed E-state index contributed by atoms with van der Waals surface area (Å²) in [6.45, 7) is 0.947. The van der Waals surface area contributed by atoms with Crippen LogP contribution in [0.15, 0.2) is 41.6 Å². The molecule has 1 saturated heterocycles. The van der Waals surface area contributed by atoms with Gasteiger partial charge in [-0.1, -0.05) is 30.3 Å². The Morgan fingerprint density at radius 3 is 2.56 bits per heavy atom. The minimum Gasteiger partial charge on any atom is -0.477 e. The van der Waals surface area contributed by atoms with Crippen LogP contribution in [0.5, 0.6) is 0 Å². The predicted molar refractivity (Wildman–Crippen MR) is 112 cm³/mol. The van der Waals surface area contributed by atoms with Crippen LogP contribution in [0, 0.1) is 0 Å². The number of ether oxygens (including phenoxy) is 2. The van der Waals surface area contributed by atoms with E-state index in [9.17, 15) is 29.1 Å². The first-order valence-electron chi connectivity index (χ1n) is 9.38. The van der Waals surface area contributed by atoms with Crippen molar-refractivity contribution in [1.82, 2.24) is 10.2 Å². The van der Waals surface area contributed by atoms with Gasteiger partial charge in [0.25, 0.3) is 11.8 Å². The van der Waals surface area contributed by atoms with Gasteiger partial charge in [-0.2, -0.15) is 0 Å². The Morgan fingerprint density at radius 1 is 1.28 bits per heavy atom. The molecule has 1 unspecified atom stereocenters. The third-order valence-corrected chi connectivity index (χ3v) is 6.25. The van der Waals surface area contributed by atoms with Gasteiger partial charge in [0.2, 0.25) is 6.10 Å². The molecule has 2 heterocycles. The monoisotopic (exact) mass is 482 g/mol. The van der Waals surface area contributed by atoms with E-state index in [2.05, 4.69) is 5.32 Å². The highest BCUT2D eigenvalue weighted by Crippen LogP contribution is 2.40. The molecule has 2 amide bonds. The van der Waals surface area contributed by atoms with E-state index in [0.29, 0.717) is 5.56 Å². The topological polar surface area (TPSA) is 139 Å². The highest BCUT2D eigenvalue weighted by molar-refractivity contribution is 8.00. The van der Waals surface area contributed by atoms with E-state index in [0.717, 1.165) is 4.90 Å². The standard InChI is InChI=1S/C20H19ClN2O8S/c1-10(24)30-8-12-9-32-19-14(18(27)23(19)15(12)20(28)29)22-17(26)16(31-13(25)7-21)11-5-3-2-4-6-11/h2-6,14,16,19H,7-9H2,1H3,(H,22,26)(H,28,29)/t14-,16?,19-/m1/s1. The number of fused-ring (bicyclic) bond motifs is 1. The van der Waals surface area contributed by atoms with Crippen molar-refractivity contribution < 1.29 is 38.6 Å². The van der Waals surface area contributed by atoms with Crippen LogP contribution in [0.4, 0.5) is 0 Å². The normalized spacial score (nSPS) is 20.6. The van der Waals surface area contributed by atoms with Gasteiger partial charge in [-0.15, -0.1) is 23.4 Å². The van der Waals surface area contributed by atoms with E-state index in [1.807, 2.05) is 0 Å². The minimum atomic E-state index is -1.34. The number of halogens is 1. The van der Waals surface area contributed by atoms with Crippen molar-refractivity contribution in [2.24, 2.45) is 0 Å². The van der Waals surface area contributed by atoms with Crippen LogP contribution in [-0.2, 0) is 33.4 Å². The molecule has 12 heteroatoms. The summed E-state index contributed by atoms with van der Waals surface area (Å²) in [5.41, 5.74) is 0.405. The number of alkyl halides is 1. The van der Waals surface area contributed by atoms with Crippen molar-refractivity contribution in [1.29, 1.82) is 0 Å². The zero-order valence-electron chi connectivity index (χ0n) is 16.8. The molecule has 0 bridgehead atoms. The van der Waals surface area contributed by atoms with Crippen LogP contribution in [-0.4, -0.2) is 69.4 Å². The number of carboxylic acids is 1. The van der Waals surface area contributed by atoms with Crippen molar-refractivity contribution in [3.8, 4) is 0 Å². The Balaban J connectivity index is 1.77. The SMILES string of the molecule is CC(=O)OCC1=C(C(=O)O)N2C(=O)[C@@H](NC(=O)C(OC(=O)CCl)c3ccccc3)[C@H]2SC1. The number of carbonyl (C=O) groups excluding carboxylic acids is 4. The summed E-state index contributed by atoms with van der Waals surface area (Å²) >= 11 is 6.71. The molecule has 0 aromatic heterocycles. The lowest BCUT2D eigenvalue weighted by Gasteiger charge is -2.49. The molecule has 2 N–H and O–H groups in total. The number of nitrogens with zero attached hydrogens (tertiary/aromatic N) is 1. The Morgan fingerprint density at radius 2 is 1.97 bits per heavy atom. The number of carbonyl (C=O) groups is 5. The summed E-state index contributed by atoms with van der Waals surface area (Å²) in [5, 5.41) is 11.5. The molecule has 2 aliphatic rings. The second-order valence-corrected chi connectivity index (χ2v) is 8.22. The maximum absolute atomic E-state index is 12.9. The third-order valence-electron chi connectivity index (χ3n) is 4.70. The molecule has 1 aromatic rings. The van der Waals surface area contributed by atoms with Gasteiger partial charge < -0.3 is 19.9 Å². The molecule has 0 radical (unpaired) electrons. The van der Waals surface area contributed by atoms with E-state index in [1.54, 1.807) is 30.3 Å². The van der Waals surface area contributed by atoms with Crippen molar-refractivity contribution >= 4 is 53.1 Å². The lowest BCUT2D eigenvalue weighted by Crippen LogP contribution is -2.71. The van der Waals surface area contributed by atoms with Gasteiger partial charge in [0.15, 0.2) is 0 Å². The highest BCUT2D eigenvalue weighted by Gasteiger charge is 2.54. The molecular formula is C20H19ClN2O8S. The van der Waals surface area contributed by atoms with E-state index < -0.39 is 53.1 Å². The van der Waals surface area contributed by atoms with Gasteiger partial charge in [0.05, 0.1) is 0 Å². The Kier molecular flexibility index (Phi) is 7.41.